The lowest BCUT2D eigenvalue weighted by molar-refractivity contribution is -0.122. The first-order valence-electron chi connectivity index (χ1n) is 5.34. The van der Waals surface area contributed by atoms with Gasteiger partial charge < -0.3 is 0 Å². The molecule has 1 heterocycles. The maximum Gasteiger partial charge on any atom is 0.293 e. The van der Waals surface area contributed by atoms with E-state index >= 15 is 0 Å². The number of rotatable bonds is 3. The Kier molecular flexibility index (Phi) is 4.34. The molecule has 0 atom stereocenters. The highest BCUT2D eigenvalue weighted by atomic mass is 35.5. The fourth-order valence-corrected chi connectivity index (χ4v) is 2.69. The molecular weight excluding hydrogens is 305 g/mol. The molecule has 98 valence electrons. The second-order valence-electron chi connectivity index (χ2n) is 3.75. The molecule has 1 aliphatic heterocycles. The Hall–Kier alpha value is -1.23. The average Bonchev–Trinajstić information content (AvgIpc) is 2.62. The van der Waals surface area contributed by atoms with E-state index in [0.717, 1.165) is 22.2 Å². The van der Waals surface area contributed by atoms with Crippen molar-refractivity contribution in [1.29, 1.82) is 0 Å². The summed E-state index contributed by atoms with van der Waals surface area (Å²) in [5.41, 5.74) is 0.721. The zero-order valence-electron chi connectivity index (χ0n) is 9.73. The number of hydrogen-bond donors (Lipinski definition) is 0. The van der Waals surface area contributed by atoms with Crippen molar-refractivity contribution in [3.05, 3.63) is 51.4 Å². The van der Waals surface area contributed by atoms with E-state index in [4.69, 9.17) is 23.2 Å². The second-order valence-corrected chi connectivity index (χ2v) is 5.56. The Balaban J connectivity index is 2.29. The summed E-state index contributed by atoms with van der Waals surface area (Å²) in [4.78, 5) is 25.1. The minimum atomic E-state index is -0.319. The summed E-state index contributed by atoms with van der Waals surface area (Å²) < 4.78 is 0. The van der Waals surface area contributed by atoms with Crippen molar-refractivity contribution in [3.63, 3.8) is 0 Å². The first-order valence-corrected chi connectivity index (χ1v) is 6.91. The van der Waals surface area contributed by atoms with Crippen molar-refractivity contribution in [2.45, 2.75) is 0 Å². The summed E-state index contributed by atoms with van der Waals surface area (Å²) in [7, 11) is 0. The molecule has 3 nitrogen and oxygen atoms in total. The van der Waals surface area contributed by atoms with Crippen molar-refractivity contribution in [1.82, 2.24) is 4.90 Å². The van der Waals surface area contributed by atoms with Crippen molar-refractivity contribution < 1.29 is 9.59 Å². The number of benzene rings is 1. The van der Waals surface area contributed by atoms with Crippen molar-refractivity contribution >= 4 is 52.2 Å². The van der Waals surface area contributed by atoms with Crippen LogP contribution in [-0.4, -0.2) is 22.6 Å². The highest BCUT2D eigenvalue weighted by Crippen LogP contribution is 2.33. The predicted octanol–water partition coefficient (Wildman–Crippen LogP) is 4.22. The molecule has 0 unspecified atom stereocenters. The van der Waals surface area contributed by atoms with Crippen LogP contribution in [0.25, 0.3) is 6.08 Å². The van der Waals surface area contributed by atoms with Gasteiger partial charge in [-0.2, -0.15) is 0 Å². The van der Waals surface area contributed by atoms with Gasteiger partial charge in [-0.15, -0.1) is 6.58 Å². The number of halogens is 2. The Labute approximate surface area is 124 Å². The van der Waals surface area contributed by atoms with Crippen LogP contribution in [0.2, 0.25) is 10.0 Å². The van der Waals surface area contributed by atoms with Gasteiger partial charge in [0.25, 0.3) is 11.1 Å². The van der Waals surface area contributed by atoms with E-state index in [9.17, 15) is 9.59 Å². The lowest BCUT2D eigenvalue weighted by Gasteiger charge is -2.07. The molecule has 0 aromatic heterocycles. The van der Waals surface area contributed by atoms with Crippen LogP contribution in [0.15, 0.2) is 35.8 Å². The maximum absolute atomic E-state index is 12.0. The lowest BCUT2D eigenvalue weighted by atomic mass is 10.2. The van der Waals surface area contributed by atoms with E-state index in [1.165, 1.54) is 6.08 Å². The summed E-state index contributed by atoms with van der Waals surface area (Å²) in [5.74, 6) is -0.319. The molecule has 0 N–H and O–H groups in total. The Morgan fingerprint density at radius 3 is 2.63 bits per heavy atom. The number of amides is 2. The highest BCUT2D eigenvalue weighted by molar-refractivity contribution is 8.18. The molecule has 2 rings (SSSR count). The number of carbonyl (C=O) groups excluding carboxylic acids is 2. The summed E-state index contributed by atoms with van der Waals surface area (Å²) >= 11 is 12.6. The molecule has 0 bridgehead atoms. The van der Waals surface area contributed by atoms with Crippen molar-refractivity contribution in [2.75, 3.05) is 6.54 Å². The summed E-state index contributed by atoms with van der Waals surface area (Å²) in [6.07, 6.45) is 3.13. The minimum Gasteiger partial charge on any atom is -0.268 e. The van der Waals surface area contributed by atoms with Crippen molar-refractivity contribution in [2.24, 2.45) is 0 Å². The number of nitrogens with zero attached hydrogens (tertiary/aromatic N) is 1. The molecule has 0 aliphatic carbocycles. The third-order valence-electron chi connectivity index (χ3n) is 2.43. The van der Waals surface area contributed by atoms with Gasteiger partial charge in [-0.1, -0.05) is 35.3 Å². The van der Waals surface area contributed by atoms with Crippen LogP contribution in [-0.2, 0) is 4.79 Å². The van der Waals surface area contributed by atoms with Gasteiger partial charge in [-0.05, 0) is 35.5 Å². The number of hydrogen-bond acceptors (Lipinski definition) is 3. The standard InChI is InChI=1S/C13H9Cl2NO2S/c1-2-5-16-12(17)11(19-13(16)18)7-8-3-4-9(14)10(15)6-8/h2-4,6-7H,1,5H2/b11-7+. The summed E-state index contributed by atoms with van der Waals surface area (Å²) in [6, 6.07) is 5.02. The predicted molar refractivity (Wildman–Crippen MR) is 79.3 cm³/mol. The largest absolute Gasteiger partial charge is 0.293 e. The van der Waals surface area contributed by atoms with Gasteiger partial charge in [0.05, 0.1) is 15.0 Å². The van der Waals surface area contributed by atoms with Crippen LogP contribution in [0.4, 0.5) is 4.79 Å². The molecule has 6 heteroatoms. The van der Waals surface area contributed by atoms with Gasteiger partial charge in [0.1, 0.15) is 0 Å². The van der Waals surface area contributed by atoms with Gasteiger partial charge in [0.2, 0.25) is 0 Å². The first kappa shape index (κ1) is 14.2. The van der Waals surface area contributed by atoms with Gasteiger partial charge in [0.15, 0.2) is 0 Å². The normalized spacial score (nSPS) is 17.4. The number of carbonyl (C=O) groups is 2. The zero-order valence-corrected chi connectivity index (χ0v) is 12.1. The van der Waals surface area contributed by atoms with Crippen LogP contribution in [0.3, 0.4) is 0 Å². The van der Waals surface area contributed by atoms with Crippen LogP contribution in [0.5, 0.6) is 0 Å². The van der Waals surface area contributed by atoms with Crippen LogP contribution in [0, 0.1) is 0 Å². The van der Waals surface area contributed by atoms with E-state index in [-0.39, 0.29) is 17.7 Å². The topological polar surface area (TPSA) is 37.4 Å². The Bertz CT molecular complexity index is 598. The summed E-state index contributed by atoms with van der Waals surface area (Å²) in [5, 5.41) is 0.551. The van der Waals surface area contributed by atoms with E-state index < -0.39 is 0 Å². The molecule has 1 aliphatic rings. The van der Waals surface area contributed by atoms with Crippen LogP contribution >= 0.6 is 35.0 Å². The molecule has 1 fully saturated rings. The third kappa shape index (κ3) is 3.03. The van der Waals surface area contributed by atoms with Gasteiger partial charge in [-0.25, -0.2) is 0 Å². The molecule has 1 saturated heterocycles. The van der Waals surface area contributed by atoms with E-state index in [1.807, 2.05) is 0 Å². The Morgan fingerprint density at radius 1 is 1.26 bits per heavy atom. The molecule has 0 spiro atoms. The van der Waals surface area contributed by atoms with E-state index in [0.29, 0.717) is 15.0 Å². The van der Waals surface area contributed by atoms with Gasteiger partial charge in [0, 0.05) is 6.54 Å². The molecule has 2 amide bonds. The third-order valence-corrected chi connectivity index (χ3v) is 4.07. The average molecular weight is 314 g/mol. The molecule has 19 heavy (non-hydrogen) atoms. The molecule has 1 aromatic carbocycles. The quantitative estimate of drug-likeness (QED) is 0.619. The van der Waals surface area contributed by atoms with Crippen molar-refractivity contribution in [3.8, 4) is 0 Å². The smallest absolute Gasteiger partial charge is 0.268 e. The van der Waals surface area contributed by atoms with Gasteiger partial charge >= 0.3 is 0 Å². The fraction of sp³-hybridized carbons (Fsp3) is 0.0769. The van der Waals surface area contributed by atoms with E-state index in [2.05, 4.69) is 6.58 Å². The van der Waals surface area contributed by atoms with Crippen LogP contribution in [0.1, 0.15) is 5.56 Å². The first-order chi connectivity index (χ1) is 9.02. The van der Waals surface area contributed by atoms with Crippen LogP contribution < -0.4 is 0 Å². The number of imide groups is 1. The monoisotopic (exact) mass is 313 g/mol. The minimum absolute atomic E-state index is 0.212. The number of thioether (sulfide) groups is 1. The zero-order chi connectivity index (χ0) is 14.0. The SMILES string of the molecule is C=CCN1C(=O)S/C(=C/c2ccc(Cl)c(Cl)c2)C1=O. The molecular formula is C13H9Cl2NO2S. The highest BCUT2D eigenvalue weighted by Gasteiger charge is 2.33. The maximum atomic E-state index is 12.0. The molecule has 0 saturated carbocycles. The molecule has 1 aromatic rings. The van der Waals surface area contributed by atoms with Gasteiger partial charge in [-0.3, -0.25) is 14.5 Å². The summed E-state index contributed by atoms with van der Waals surface area (Å²) in [6.45, 7) is 3.73. The Morgan fingerprint density at radius 2 is 2.00 bits per heavy atom. The molecule has 0 radical (unpaired) electrons. The van der Waals surface area contributed by atoms with E-state index in [1.54, 1.807) is 24.3 Å². The fourth-order valence-electron chi connectivity index (χ4n) is 1.54. The lowest BCUT2D eigenvalue weighted by Crippen LogP contribution is -2.27. The second kappa shape index (κ2) is 5.82.